The number of benzene rings is 2. The lowest BCUT2D eigenvalue weighted by molar-refractivity contribution is -0.118. The van der Waals surface area contributed by atoms with Crippen molar-refractivity contribution in [1.29, 1.82) is 0 Å². The Morgan fingerprint density at radius 1 is 1.13 bits per heavy atom. The van der Waals surface area contributed by atoms with Gasteiger partial charge in [0.1, 0.15) is 0 Å². The third-order valence-corrected chi connectivity index (χ3v) is 7.38. The maximum absolute atomic E-state index is 12.5. The molecule has 0 unspecified atom stereocenters. The molecular formula is C23H26N2O3S3. The van der Waals surface area contributed by atoms with Gasteiger partial charge in [-0.05, 0) is 42.2 Å². The topological polar surface area (TPSA) is 60.7 Å². The molecule has 1 aromatic heterocycles. The van der Waals surface area contributed by atoms with E-state index in [9.17, 15) is 9.59 Å². The predicted octanol–water partition coefficient (Wildman–Crippen LogP) is 4.99. The number of methoxy groups -OCH3 is 1. The van der Waals surface area contributed by atoms with Gasteiger partial charge in [0.05, 0.1) is 22.9 Å². The molecule has 0 aliphatic rings. The van der Waals surface area contributed by atoms with Crippen LogP contribution in [0.4, 0.5) is 0 Å². The molecular weight excluding hydrogens is 448 g/mol. The fourth-order valence-corrected chi connectivity index (χ4v) is 5.45. The number of nitrogens with zero attached hydrogens (tertiary/aromatic N) is 2. The average molecular weight is 475 g/mol. The third kappa shape index (κ3) is 6.72. The predicted molar refractivity (Wildman–Crippen MR) is 132 cm³/mol. The van der Waals surface area contributed by atoms with E-state index in [4.69, 9.17) is 4.74 Å². The summed E-state index contributed by atoms with van der Waals surface area (Å²) in [5.74, 6) is 2.34. The number of hydrogen-bond donors (Lipinski definition) is 0. The summed E-state index contributed by atoms with van der Waals surface area (Å²) in [6, 6.07) is 15.8. The number of thiazole rings is 1. The number of fused-ring (bicyclic) bond motifs is 1. The van der Waals surface area contributed by atoms with Crippen molar-refractivity contribution in [2.75, 3.05) is 24.9 Å². The molecule has 31 heavy (non-hydrogen) atoms. The Hall–Kier alpha value is -2.03. The van der Waals surface area contributed by atoms with E-state index >= 15 is 0 Å². The van der Waals surface area contributed by atoms with Crippen LogP contribution in [-0.4, -0.2) is 41.3 Å². The second kappa shape index (κ2) is 12.1. The number of thioether (sulfide) groups is 2. The van der Waals surface area contributed by atoms with Crippen molar-refractivity contribution in [3.63, 3.8) is 0 Å². The highest BCUT2D eigenvalue weighted by molar-refractivity contribution is 7.98. The van der Waals surface area contributed by atoms with Crippen molar-refractivity contribution in [1.82, 2.24) is 4.57 Å². The van der Waals surface area contributed by atoms with Crippen LogP contribution in [0, 0.1) is 0 Å². The summed E-state index contributed by atoms with van der Waals surface area (Å²) in [7, 11) is 1.37. The smallest absolute Gasteiger partial charge is 0.337 e. The Morgan fingerprint density at radius 2 is 1.94 bits per heavy atom. The third-order valence-electron chi connectivity index (χ3n) is 4.63. The van der Waals surface area contributed by atoms with Gasteiger partial charge in [-0.15, -0.1) is 0 Å². The minimum absolute atomic E-state index is 0.0991. The van der Waals surface area contributed by atoms with E-state index in [2.05, 4.69) is 27.9 Å². The minimum atomic E-state index is -0.367. The van der Waals surface area contributed by atoms with Crippen molar-refractivity contribution in [2.24, 2.45) is 4.99 Å². The first-order valence-electron chi connectivity index (χ1n) is 10.0. The molecule has 0 saturated carbocycles. The summed E-state index contributed by atoms with van der Waals surface area (Å²) in [5.41, 5.74) is 2.79. The molecule has 0 fully saturated rings. The molecule has 164 valence electrons. The Bertz CT molecular complexity index is 1090. The first kappa shape index (κ1) is 23.6. The molecule has 0 spiro atoms. The number of ether oxygens (including phenoxy) is 1. The summed E-state index contributed by atoms with van der Waals surface area (Å²) in [4.78, 5) is 29.5. The Kier molecular flexibility index (Phi) is 9.24. The first-order valence-corrected chi connectivity index (χ1v) is 13.4. The van der Waals surface area contributed by atoms with Gasteiger partial charge in [-0.3, -0.25) is 4.79 Å². The molecule has 2 aromatic carbocycles. The number of rotatable bonds is 10. The van der Waals surface area contributed by atoms with E-state index in [-0.39, 0.29) is 11.9 Å². The SMILES string of the molecule is COC(=O)c1ccc2c(c1)sc(=NC(=O)CCCSCc1ccccc1)n2CCSC. The maximum Gasteiger partial charge on any atom is 0.337 e. The van der Waals surface area contributed by atoms with Crippen molar-refractivity contribution in [3.05, 3.63) is 64.5 Å². The van der Waals surface area contributed by atoms with Gasteiger partial charge in [-0.1, -0.05) is 41.7 Å². The van der Waals surface area contributed by atoms with Crippen LogP contribution in [-0.2, 0) is 21.8 Å². The maximum atomic E-state index is 12.5. The van der Waals surface area contributed by atoms with Gasteiger partial charge in [0, 0.05) is 24.5 Å². The summed E-state index contributed by atoms with van der Waals surface area (Å²) in [6.45, 7) is 0.762. The summed E-state index contributed by atoms with van der Waals surface area (Å²) < 4.78 is 7.81. The molecule has 0 saturated heterocycles. The first-order chi connectivity index (χ1) is 15.1. The highest BCUT2D eigenvalue weighted by atomic mass is 32.2. The van der Waals surface area contributed by atoms with Crippen molar-refractivity contribution in [2.45, 2.75) is 25.1 Å². The number of amides is 1. The van der Waals surface area contributed by atoms with Crippen molar-refractivity contribution >= 4 is 57.0 Å². The van der Waals surface area contributed by atoms with E-state index in [0.717, 1.165) is 40.4 Å². The quantitative estimate of drug-likeness (QED) is 0.306. The molecule has 1 amide bonds. The van der Waals surface area contributed by atoms with Crippen LogP contribution in [0.25, 0.3) is 10.2 Å². The van der Waals surface area contributed by atoms with E-state index in [1.807, 2.05) is 42.1 Å². The summed E-state index contributed by atoms with van der Waals surface area (Å²) in [5, 5.41) is 0. The molecule has 5 nitrogen and oxygen atoms in total. The highest BCUT2D eigenvalue weighted by Gasteiger charge is 2.12. The lowest BCUT2D eigenvalue weighted by Crippen LogP contribution is -2.18. The molecule has 0 atom stereocenters. The standard InChI is InChI=1S/C23H26N2O3S3/c1-28-22(27)18-10-11-19-20(15-18)31-23(25(19)12-14-29-2)24-21(26)9-6-13-30-16-17-7-4-3-5-8-17/h3-5,7-8,10-11,15H,6,9,12-14,16H2,1-2H3. The van der Waals surface area contributed by atoms with Crippen LogP contribution in [0.1, 0.15) is 28.8 Å². The minimum Gasteiger partial charge on any atom is -0.465 e. The largest absolute Gasteiger partial charge is 0.465 e. The van der Waals surface area contributed by atoms with Crippen molar-refractivity contribution in [3.8, 4) is 0 Å². The van der Waals surface area contributed by atoms with Gasteiger partial charge in [-0.25, -0.2) is 4.79 Å². The zero-order valence-corrected chi connectivity index (χ0v) is 20.2. The van der Waals surface area contributed by atoms with E-state index in [0.29, 0.717) is 16.8 Å². The van der Waals surface area contributed by atoms with Crippen LogP contribution < -0.4 is 4.80 Å². The molecule has 0 aliphatic carbocycles. The summed E-state index contributed by atoms with van der Waals surface area (Å²) >= 11 is 5.02. The molecule has 0 bridgehead atoms. The highest BCUT2D eigenvalue weighted by Crippen LogP contribution is 2.20. The fraction of sp³-hybridized carbons (Fsp3) is 0.348. The fourth-order valence-electron chi connectivity index (χ4n) is 3.05. The number of carbonyl (C=O) groups is 2. The average Bonchev–Trinajstić information content (AvgIpc) is 3.13. The molecule has 0 radical (unpaired) electrons. The van der Waals surface area contributed by atoms with Crippen LogP contribution in [0.3, 0.4) is 0 Å². The van der Waals surface area contributed by atoms with Gasteiger partial charge < -0.3 is 9.30 Å². The Balaban J connectivity index is 1.68. The van der Waals surface area contributed by atoms with E-state index in [1.165, 1.54) is 24.0 Å². The Morgan fingerprint density at radius 3 is 2.68 bits per heavy atom. The molecule has 0 N–H and O–H groups in total. The zero-order chi connectivity index (χ0) is 22.1. The number of aromatic nitrogens is 1. The normalized spacial score (nSPS) is 11.7. The molecule has 3 aromatic rings. The zero-order valence-electron chi connectivity index (χ0n) is 17.7. The van der Waals surface area contributed by atoms with E-state index < -0.39 is 0 Å². The van der Waals surface area contributed by atoms with Crippen LogP contribution in [0.2, 0.25) is 0 Å². The lowest BCUT2D eigenvalue weighted by Gasteiger charge is -2.04. The summed E-state index contributed by atoms with van der Waals surface area (Å²) in [6.07, 6.45) is 3.30. The van der Waals surface area contributed by atoms with Gasteiger partial charge in [-0.2, -0.15) is 28.5 Å². The van der Waals surface area contributed by atoms with Gasteiger partial charge in [0.15, 0.2) is 4.80 Å². The number of carbonyl (C=O) groups excluding carboxylic acids is 2. The monoisotopic (exact) mass is 474 g/mol. The Labute approximate surface area is 194 Å². The van der Waals surface area contributed by atoms with Crippen molar-refractivity contribution < 1.29 is 14.3 Å². The van der Waals surface area contributed by atoms with Crippen LogP contribution >= 0.6 is 34.9 Å². The van der Waals surface area contributed by atoms with E-state index in [1.54, 1.807) is 17.8 Å². The van der Waals surface area contributed by atoms with Gasteiger partial charge in [0.2, 0.25) is 5.91 Å². The van der Waals surface area contributed by atoms with Crippen LogP contribution in [0.5, 0.6) is 0 Å². The van der Waals surface area contributed by atoms with Gasteiger partial charge >= 0.3 is 5.97 Å². The molecule has 0 aliphatic heterocycles. The van der Waals surface area contributed by atoms with Crippen LogP contribution in [0.15, 0.2) is 53.5 Å². The second-order valence-electron chi connectivity index (χ2n) is 6.85. The number of aryl methyl sites for hydroxylation is 1. The molecule has 8 heteroatoms. The lowest BCUT2D eigenvalue weighted by atomic mass is 10.2. The number of esters is 1. The molecule has 1 heterocycles. The number of hydrogen-bond acceptors (Lipinski definition) is 6. The second-order valence-corrected chi connectivity index (χ2v) is 9.95. The molecule has 3 rings (SSSR count). The van der Waals surface area contributed by atoms with Gasteiger partial charge in [0.25, 0.3) is 0 Å².